The van der Waals surface area contributed by atoms with Crippen LogP contribution in [0.25, 0.3) is 0 Å². The number of hydrogen-bond acceptors (Lipinski definition) is 10. The van der Waals surface area contributed by atoms with Crippen LogP contribution in [0.2, 0.25) is 0 Å². The van der Waals surface area contributed by atoms with Gasteiger partial charge in [-0.2, -0.15) is 0 Å². The first-order chi connectivity index (χ1) is 31.3. The molecule has 0 saturated carbocycles. The van der Waals surface area contributed by atoms with Crippen LogP contribution in [0.3, 0.4) is 0 Å². The van der Waals surface area contributed by atoms with Crippen molar-refractivity contribution in [2.24, 2.45) is 0 Å². The molecule has 0 aliphatic heterocycles. The molecule has 0 heterocycles. The first-order valence-electron chi connectivity index (χ1n) is 27.0. The molecule has 0 saturated heterocycles. The molecular weight excluding hydrogens is 809 g/mol. The Bertz CT molecular complexity index is 1070. The van der Waals surface area contributed by atoms with Crippen molar-refractivity contribution in [1.29, 1.82) is 0 Å². The van der Waals surface area contributed by atoms with Gasteiger partial charge in [-0.3, -0.25) is 19.2 Å². The zero-order valence-corrected chi connectivity index (χ0v) is 42.7. The molecule has 378 valence electrons. The summed E-state index contributed by atoms with van der Waals surface area (Å²) in [6.07, 6.45) is 35.9. The first kappa shape index (κ1) is 61.8. The third-order valence-electron chi connectivity index (χ3n) is 12.4. The molecule has 10 nitrogen and oxygen atoms in total. The summed E-state index contributed by atoms with van der Waals surface area (Å²) < 4.78 is 35.0. The second kappa shape index (κ2) is 47.3. The number of esters is 4. The van der Waals surface area contributed by atoms with Crippen LogP contribution in [0.5, 0.6) is 0 Å². The fraction of sp³-hybridized carbons (Fsp3) is 0.926. The third kappa shape index (κ3) is 39.0. The van der Waals surface area contributed by atoms with E-state index < -0.39 is 0 Å². The van der Waals surface area contributed by atoms with Gasteiger partial charge in [0.2, 0.25) is 0 Å². The van der Waals surface area contributed by atoms with Gasteiger partial charge >= 0.3 is 23.9 Å². The van der Waals surface area contributed by atoms with E-state index in [0.717, 1.165) is 161 Å². The van der Waals surface area contributed by atoms with Crippen molar-refractivity contribution in [3.8, 4) is 0 Å². The molecule has 4 unspecified atom stereocenters. The molecule has 0 radical (unpaired) electrons. The van der Waals surface area contributed by atoms with Gasteiger partial charge in [0.1, 0.15) is 12.2 Å². The number of rotatable bonds is 49. The largest absolute Gasteiger partial charge is 0.469 e. The molecule has 10 heteroatoms. The maximum atomic E-state index is 13.3. The number of carbonyl (C=O) groups is 4. The topological polar surface area (TPSA) is 124 Å². The van der Waals surface area contributed by atoms with Gasteiger partial charge in [0.25, 0.3) is 0 Å². The lowest BCUT2D eigenvalue weighted by Crippen LogP contribution is -2.34. The van der Waals surface area contributed by atoms with E-state index in [0.29, 0.717) is 38.9 Å². The molecule has 0 amide bonds. The van der Waals surface area contributed by atoms with Gasteiger partial charge in [0.15, 0.2) is 0 Å². The lowest BCUT2D eigenvalue weighted by molar-refractivity contribution is -0.160. The van der Waals surface area contributed by atoms with Crippen molar-refractivity contribution >= 4 is 23.9 Å². The molecule has 0 rings (SSSR count). The van der Waals surface area contributed by atoms with Gasteiger partial charge in [-0.1, -0.05) is 169 Å². The highest BCUT2D eigenvalue weighted by Gasteiger charge is 2.27. The summed E-state index contributed by atoms with van der Waals surface area (Å²) in [5.74, 6) is -0.593. The van der Waals surface area contributed by atoms with Crippen LogP contribution in [0.4, 0.5) is 0 Å². The molecule has 64 heavy (non-hydrogen) atoms. The van der Waals surface area contributed by atoms with Crippen LogP contribution >= 0.6 is 0 Å². The molecule has 0 spiro atoms. The molecule has 0 aromatic carbocycles. The lowest BCUT2D eigenvalue weighted by Gasteiger charge is -2.28. The number of ether oxygens (including phenoxy) is 6. The van der Waals surface area contributed by atoms with Gasteiger partial charge in [0, 0.05) is 38.9 Å². The van der Waals surface area contributed by atoms with Crippen molar-refractivity contribution in [3.63, 3.8) is 0 Å². The van der Waals surface area contributed by atoms with Crippen LogP contribution in [0, 0.1) is 0 Å². The quantitative estimate of drug-likeness (QED) is 0.0331. The van der Waals surface area contributed by atoms with Gasteiger partial charge < -0.3 is 28.4 Å². The summed E-state index contributed by atoms with van der Waals surface area (Å²) in [4.78, 5) is 49.6. The monoisotopic (exact) mass is 911 g/mol. The minimum Gasteiger partial charge on any atom is -0.469 e. The van der Waals surface area contributed by atoms with Crippen molar-refractivity contribution in [3.05, 3.63) is 0 Å². The second-order valence-corrected chi connectivity index (χ2v) is 18.4. The Morgan fingerprint density at radius 2 is 0.547 bits per heavy atom. The molecule has 0 aromatic heterocycles. The molecule has 0 bridgehead atoms. The maximum absolute atomic E-state index is 13.3. The minimum atomic E-state index is -0.248. The minimum absolute atomic E-state index is 0.0853. The van der Waals surface area contributed by atoms with Crippen molar-refractivity contribution in [1.82, 2.24) is 0 Å². The Labute approximate surface area is 393 Å². The summed E-state index contributed by atoms with van der Waals surface area (Å²) in [6.45, 7) is 10.2. The maximum Gasteiger partial charge on any atom is 0.306 e. The second-order valence-electron chi connectivity index (χ2n) is 18.4. The number of carbonyl (C=O) groups excluding carboxylic acids is 4. The highest BCUT2D eigenvalue weighted by Crippen LogP contribution is 2.24. The van der Waals surface area contributed by atoms with Crippen molar-refractivity contribution in [2.45, 2.75) is 296 Å². The van der Waals surface area contributed by atoms with E-state index >= 15 is 0 Å². The molecule has 0 aliphatic carbocycles. The summed E-state index contributed by atoms with van der Waals surface area (Å²) in [6, 6.07) is 0. The van der Waals surface area contributed by atoms with Crippen LogP contribution in [0.1, 0.15) is 272 Å². The van der Waals surface area contributed by atoms with E-state index in [-0.39, 0.29) is 48.3 Å². The summed E-state index contributed by atoms with van der Waals surface area (Å²) in [7, 11) is 2.88. The number of hydrogen-bond donors (Lipinski definition) is 0. The third-order valence-corrected chi connectivity index (χ3v) is 12.4. The SMILES string of the molecule is CCCCCCCCC(OCCCC)C(CCCCCCCC(=O)OC)OC(=O)CCCCCCC(=O)OC(CCCCCCCC)C(CCCCCCCC(=O)OC)OCCCC. The van der Waals surface area contributed by atoms with Gasteiger partial charge in [-0.15, -0.1) is 0 Å². The molecular formula is C54H102O10. The Hall–Kier alpha value is -2.20. The van der Waals surface area contributed by atoms with E-state index in [1.807, 2.05) is 0 Å². The van der Waals surface area contributed by atoms with Crippen LogP contribution in [-0.4, -0.2) is 75.7 Å². The molecule has 0 aliphatic rings. The van der Waals surface area contributed by atoms with Gasteiger partial charge in [0.05, 0.1) is 26.4 Å². The Kier molecular flexibility index (Phi) is 45.7. The van der Waals surface area contributed by atoms with E-state index in [4.69, 9.17) is 28.4 Å². The fourth-order valence-corrected chi connectivity index (χ4v) is 8.25. The molecule has 0 fully saturated rings. The van der Waals surface area contributed by atoms with Crippen LogP contribution in [0.15, 0.2) is 0 Å². The summed E-state index contributed by atoms with van der Waals surface area (Å²) in [5.41, 5.74) is 0. The Morgan fingerprint density at radius 1 is 0.297 bits per heavy atom. The zero-order valence-electron chi connectivity index (χ0n) is 42.7. The Morgan fingerprint density at radius 3 is 0.844 bits per heavy atom. The number of methoxy groups -OCH3 is 2. The van der Waals surface area contributed by atoms with Crippen molar-refractivity contribution in [2.75, 3.05) is 27.4 Å². The fourth-order valence-electron chi connectivity index (χ4n) is 8.25. The summed E-state index contributed by atoms with van der Waals surface area (Å²) >= 11 is 0. The lowest BCUT2D eigenvalue weighted by atomic mass is 9.99. The van der Waals surface area contributed by atoms with E-state index in [2.05, 4.69) is 27.7 Å². The van der Waals surface area contributed by atoms with E-state index in [1.54, 1.807) is 0 Å². The standard InChI is InChI=1S/C54H102O10/c1-7-11-15-17-21-29-37-47(61-45-13-9-3)50(40-32-24-20-26-34-42-52(56)60-6)64-54(58)44-36-28-27-35-43-53(57)63-49(39-31-22-18-16-12-8-2)48(62-46-14-10-4)38-30-23-19-25-33-41-51(55)59-5/h47-50H,7-46H2,1-6H3. The van der Waals surface area contributed by atoms with Gasteiger partial charge in [-0.05, 0) is 77.0 Å². The number of unbranched alkanes of at least 4 members (excludes halogenated alkanes) is 23. The molecule has 0 N–H and O–H groups in total. The average molecular weight is 911 g/mol. The molecule has 4 atom stereocenters. The smallest absolute Gasteiger partial charge is 0.306 e. The summed E-state index contributed by atoms with van der Waals surface area (Å²) in [5, 5.41) is 0. The van der Waals surface area contributed by atoms with E-state index in [1.165, 1.54) is 72.0 Å². The zero-order chi connectivity index (χ0) is 47.1. The first-order valence-corrected chi connectivity index (χ1v) is 27.0. The van der Waals surface area contributed by atoms with Crippen molar-refractivity contribution < 1.29 is 47.6 Å². The normalized spacial score (nSPS) is 13.3. The highest BCUT2D eigenvalue weighted by molar-refractivity contribution is 5.70. The molecule has 0 aromatic rings. The average Bonchev–Trinajstić information content (AvgIpc) is 3.29. The van der Waals surface area contributed by atoms with Crippen LogP contribution < -0.4 is 0 Å². The highest BCUT2D eigenvalue weighted by atomic mass is 16.6. The predicted molar refractivity (Wildman–Crippen MR) is 261 cm³/mol. The van der Waals surface area contributed by atoms with Gasteiger partial charge in [-0.25, -0.2) is 0 Å². The predicted octanol–water partition coefficient (Wildman–Crippen LogP) is 14.8. The van der Waals surface area contributed by atoms with E-state index in [9.17, 15) is 19.2 Å². The Balaban J connectivity index is 5.24. The van der Waals surface area contributed by atoms with Crippen LogP contribution in [-0.2, 0) is 47.6 Å².